The van der Waals surface area contributed by atoms with Crippen molar-refractivity contribution in [3.05, 3.63) is 67.5 Å². The fourth-order valence-electron chi connectivity index (χ4n) is 2.98. The van der Waals surface area contributed by atoms with Gasteiger partial charge in [0.1, 0.15) is 5.75 Å². The van der Waals surface area contributed by atoms with Gasteiger partial charge in [-0.05, 0) is 30.7 Å². The zero-order chi connectivity index (χ0) is 21.7. The molecular formula is C20H20ClN3O5S. The predicted molar refractivity (Wildman–Crippen MR) is 117 cm³/mol. The Morgan fingerprint density at radius 2 is 2.03 bits per heavy atom. The summed E-state index contributed by atoms with van der Waals surface area (Å²) in [6.45, 7) is 0.945. The number of thioether (sulfide) groups is 1. The van der Waals surface area contributed by atoms with Crippen molar-refractivity contribution >= 4 is 40.0 Å². The zero-order valence-corrected chi connectivity index (χ0v) is 18.0. The average Bonchev–Trinajstić information content (AvgIpc) is 2.73. The van der Waals surface area contributed by atoms with E-state index >= 15 is 0 Å². The maximum Gasteiger partial charge on any atom is 0.270 e. The second kappa shape index (κ2) is 9.92. The summed E-state index contributed by atoms with van der Waals surface area (Å²) in [5, 5.41) is 12.6. The number of nitrogens with zero attached hydrogens (tertiary/aromatic N) is 3. The van der Waals surface area contributed by atoms with Crippen LogP contribution in [0, 0.1) is 10.1 Å². The first-order valence-corrected chi connectivity index (χ1v) is 10.4. The summed E-state index contributed by atoms with van der Waals surface area (Å²) >= 11 is 7.38. The van der Waals surface area contributed by atoms with Crippen LogP contribution in [-0.2, 0) is 17.0 Å². The van der Waals surface area contributed by atoms with Gasteiger partial charge in [-0.1, -0.05) is 23.4 Å². The van der Waals surface area contributed by atoms with Gasteiger partial charge in [0.2, 0.25) is 0 Å². The molecule has 3 rings (SSSR count). The van der Waals surface area contributed by atoms with Gasteiger partial charge in [0.25, 0.3) is 11.2 Å². The lowest BCUT2D eigenvalue weighted by Gasteiger charge is -2.14. The van der Waals surface area contributed by atoms with E-state index in [-0.39, 0.29) is 11.2 Å². The van der Waals surface area contributed by atoms with Crippen molar-refractivity contribution in [2.75, 3.05) is 20.8 Å². The van der Waals surface area contributed by atoms with E-state index in [1.165, 1.54) is 31.0 Å². The highest BCUT2D eigenvalue weighted by Crippen LogP contribution is 2.30. The van der Waals surface area contributed by atoms with E-state index < -0.39 is 4.92 Å². The number of aromatic nitrogens is 2. The Labute approximate surface area is 181 Å². The van der Waals surface area contributed by atoms with Gasteiger partial charge < -0.3 is 9.47 Å². The molecule has 0 unspecified atom stereocenters. The molecule has 158 valence electrons. The third kappa shape index (κ3) is 4.92. The Hall–Kier alpha value is -2.62. The molecule has 10 heteroatoms. The van der Waals surface area contributed by atoms with Crippen molar-refractivity contribution in [3.63, 3.8) is 0 Å². The lowest BCUT2D eigenvalue weighted by Crippen LogP contribution is -2.24. The number of halogens is 1. The number of nitro groups is 1. The van der Waals surface area contributed by atoms with Gasteiger partial charge in [-0.25, -0.2) is 4.98 Å². The van der Waals surface area contributed by atoms with E-state index in [1.807, 2.05) is 0 Å². The van der Waals surface area contributed by atoms with Gasteiger partial charge in [-0.3, -0.25) is 19.5 Å². The average molecular weight is 450 g/mol. The first-order chi connectivity index (χ1) is 14.4. The van der Waals surface area contributed by atoms with Gasteiger partial charge in [0.05, 0.1) is 22.9 Å². The number of rotatable bonds is 9. The van der Waals surface area contributed by atoms with Crippen LogP contribution < -0.4 is 10.3 Å². The summed E-state index contributed by atoms with van der Waals surface area (Å²) in [5.41, 5.74) is 0.952. The second-order valence-corrected chi connectivity index (χ2v) is 7.78. The molecule has 8 nitrogen and oxygen atoms in total. The minimum atomic E-state index is -0.454. The molecule has 0 spiro atoms. The normalized spacial score (nSPS) is 11.0. The quantitative estimate of drug-likeness (QED) is 0.158. The molecular weight excluding hydrogens is 430 g/mol. The van der Waals surface area contributed by atoms with Crippen molar-refractivity contribution in [2.24, 2.45) is 0 Å². The van der Waals surface area contributed by atoms with E-state index in [4.69, 9.17) is 21.1 Å². The monoisotopic (exact) mass is 449 g/mol. The van der Waals surface area contributed by atoms with Gasteiger partial charge in [-0.2, -0.15) is 0 Å². The maximum absolute atomic E-state index is 13.0. The predicted octanol–water partition coefficient (Wildman–Crippen LogP) is 4.30. The number of benzene rings is 2. The van der Waals surface area contributed by atoms with Crippen LogP contribution in [0.3, 0.4) is 0 Å². The number of methoxy groups -OCH3 is 2. The Kier molecular flexibility index (Phi) is 7.30. The van der Waals surface area contributed by atoms with Crippen molar-refractivity contribution in [2.45, 2.75) is 23.9 Å². The van der Waals surface area contributed by atoms with Gasteiger partial charge in [0, 0.05) is 48.7 Å². The largest absolute Gasteiger partial charge is 0.496 e. The number of nitro benzene ring substituents is 1. The third-order valence-electron chi connectivity index (χ3n) is 4.44. The molecule has 30 heavy (non-hydrogen) atoms. The molecule has 1 heterocycles. The first kappa shape index (κ1) is 22.1. The van der Waals surface area contributed by atoms with Gasteiger partial charge in [-0.15, -0.1) is 0 Å². The number of ether oxygens (including phenoxy) is 2. The maximum atomic E-state index is 13.0. The smallest absolute Gasteiger partial charge is 0.270 e. The van der Waals surface area contributed by atoms with E-state index in [1.54, 1.807) is 35.9 Å². The van der Waals surface area contributed by atoms with Crippen molar-refractivity contribution in [3.8, 4) is 5.75 Å². The number of fused-ring (bicyclic) bond motifs is 1. The van der Waals surface area contributed by atoms with Crippen LogP contribution in [0.15, 0.2) is 46.3 Å². The second-order valence-electron chi connectivity index (χ2n) is 6.40. The fraction of sp³-hybridized carbons (Fsp3) is 0.300. The molecule has 0 aliphatic carbocycles. The highest BCUT2D eigenvalue weighted by molar-refractivity contribution is 7.98. The molecule has 0 bridgehead atoms. The van der Waals surface area contributed by atoms with Crippen LogP contribution in [0.4, 0.5) is 5.69 Å². The molecule has 0 fully saturated rings. The molecule has 0 aliphatic rings. The minimum Gasteiger partial charge on any atom is -0.496 e. The summed E-state index contributed by atoms with van der Waals surface area (Å²) in [6, 6.07) is 9.40. The van der Waals surface area contributed by atoms with Crippen LogP contribution in [0.2, 0.25) is 5.02 Å². The SMILES string of the molecule is COCCCn1c(SCc2cc([N+](=O)[O-])ccc2OC)nc2cc(Cl)ccc2c1=O. The molecule has 2 aromatic carbocycles. The van der Waals surface area contributed by atoms with Crippen molar-refractivity contribution < 1.29 is 14.4 Å². The zero-order valence-electron chi connectivity index (χ0n) is 16.5. The van der Waals surface area contributed by atoms with Crippen molar-refractivity contribution in [1.82, 2.24) is 9.55 Å². The molecule has 0 saturated carbocycles. The number of hydrogen-bond donors (Lipinski definition) is 0. The highest BCUT2D eigenvalue weighted by atomic mass is 35.5. The van der Waals surface area contributed by atoms with E-state index in [0.29, 0.717) is 57.7 Å². The molecule has 0 aliphatic heterocycles. The summed E-state index contributed by atoms with van der Waals surface area (Å²) in [6.07, 6.45) is 0.644. The van der Waals surface area contributed by atoms with E-state index in [9.17, 15) is 14.9 Å². The van der Waals surface area contributed by atoms with Gasteiger partial charge in [0.15, 0.2) is 5.16 Å². The third-order valence-corrected chi connectivity index (χ3v) is 5.70. The molecule has 0 N–H and O–H groups in total. The summed E-state index contributed by atoms with van der Waals surface area (Å²) < 4.78 is 12.0. The van der Waals surface area contributed by atoms with Crippen LogP contribution in [0.5, 0.6) is 5.75 Å². The number of non-ortho nitro benzene ring substituents is 1. The molecule has 0 atom stereocenters. The Bertz CT molecular complexity index is 1140. The number of hydrogen-bond acceptors (Lipinski definition) is 7. The summed E-state index contributed by atoms with van der Waals surface area (Å²) in [4.78, 5) is 28.3. The van der Waals surface area contributed by atoms with Crippen LogP contribution >= 0.6 is 23.4 Å². The lowest BCUT2D eigenvalue weighted by atomic mass is 10.2. The topological polar surface area (TPSA) is 96.5 Å². The first-order valence-electron chi connectivity index (χ1n) is 9.07. The standard InChI is InChI=1S/C20H20ClN3O5S/c1-28-9-3-8-23-19(25)16-6-4-14(21)11-17(16)22-20(23)30-12-13-10-15(24(26)27)5-7-18(13)29-2/h4-7,10-11H,3,8-9,12H2,1-2H3. The lowest BCUT2D eigenvalue weighted by molar-refractivity contribution is -0.384. The molecule has 3 aromatic rings. The van der Waals surface area contributed by atoms with Crippen LogP contribution in [-0.4, -0.2) is 35.3 Å². The summed E-state index contributed by atoms with van der Waals surface area (Å²) in [7, 11) is 3.11. The molecule has 0 radical (unpaired) electrons. The Morgan fingerprint density at radius 1 is 1.23 bits per heavy atom. The van der Waals surface area contributed by atoms with E-state index in [2.05, 4.69) is 4.98 Å². The molecule has 0 amide bonds. The fourth-order valence-corrected chi connectivity index (χ4v) is 4.15. The highest BCUT2D eigenvalue weighted by Gasteiger charge is 2.15. The van der Waals surface area contributed by atoms with Crippen molar-refractivity contribution in [1.29, 1.82) is 0 Å². The minimum absolute atomic E-state index is 0.0258. The molecule has 1 aromatic heterocycles. The van der Waals surface area contributed by atoms with Crippen LogP contribution in [0.25, 0.3) is 10.9 Å². The van der Waals surface area contributed by atoms with E-state index in [0.717, 1.165) is 0 Å². The molecule has 0 saturated heterocycles. The Morgan fingerprint density at radius 3 is 2.73 bits per heavy atom. The Balaban J connectivity index is 2.00. The van der Waals surface area contributed by atoms with Crippen LogP contribution in [0.1, 0.15) is 12.0 Å². The van der Waals surface area contributed by atoms with Gasteiger partial charge >= 0.3 is 0 Å². The summed E-state index contributed by atoms with van der Waals surface area (Å²) in [5.74, 6) is 0.874.